The van der Waals surface area contributed by atoms with Crippen LogP contribution in [-0.2, 0) is 21.3 Å². The molecule has 0 aliphatic heterocycles. The number of alkyl halides is 3. The SMILES string of the molecule is CC(C)=CC(=O)NC(C)(C(N)=O)c1cccc(C(F)(F)F)c1. The first-order valence-corrected chi connectivity index (χ1v) is 6.41. The molecule has 1 rings (SSSR count). The lowest BCUT2D eigenvalue weighted by molar-refractivity contribution is -0.138. The fraction of sp³-hybridized carbons (Fsp3) is 0.333. The average Bonchev–Trinajstić information content (AvgIpc) is 2.36. The van der Waals surface area contributed by atoms with Gasteiger partial charge < -0.3 is 11.1 Å². The highest BCUT2D eigenvalue weighted by Crippen LogP contribution is 2.32. The Labute approximate surface area is 126 Å². The number of benzene rings is 1. The molecule has 4 nitrogen and oxygen atoms in total. The van der Waals surface area contributed by atoms with Crippen LogP contribution in [0.4, 0.5) is 13.2 Å². The van der Waals surface area contributed by atoms with E-state index in [1.165, 1.54) is 19.1 Å². The highest BCUT2D eigenvalue weighted by Gasteiger charge is 2.37. The summed E-state index contributed by atoms with van der Waals surface area (Å²) in [4.78, 5) is 23.5. The Morgan fingerprint density at radius 2 is 1.73 bits per heavy atom. The molecule has 0 fully saturated rings. The molecule has 0 saturated heterocycles. The minimum absolute atomic E-state index is 0.0367. The molecule has 1 aromatic rings. The zero-order valence-electron chi connectivity index (χ0n) is 12.4. The number of nitrogens with two attached hydrogens (primary N) is 1. The summed E-state index contributed by atoms with van der Waals surface area (Å²) in [7, 11) is 0. The second-order valence-electron chi connectivity index (χ2n) is 5.28. The molecule has 7 heteroatoms. The summed E-state index contributed by atoms with van der Waals surface area (Å²) in [5, 5.41) is 2.36. The molecule has 120 valence electrons. The van der Waals surface area contributed by atoms with E-state index >= 15 is 0 Å². The van der Waals surface area contributed by atoms with Gasteiger partial charge in [-0.15, -0.1) is 0 Å². The maximum absolute atomic E-state index is 12.8. The van der Waals surface area contributed by atoms with Gasteiger partial charge in [0.1, 0.15) is 5.54 Å². The molecule has 22 heavy (non-hydrogen) atoms. The fourth-order valence-electron chi connectivity index (χ4n) is 1.83. The number of rotatable bonds is 4. The van der Waals surface area contributed by atoms with E-state index in [-0.39, 0.29) is 5.56 Å². The summed E-state index contributed by atoms with van der Waals surface area (Å²) < 4.78 is 38.3. The van der Waals surface area contributed by atoms with E-state index < -0.39 is 29.1 Å². The van der Waals surface area contributed by atoms with Gasteiger partial charge in [-0.1, -0.05) is 17.7 Å². The molecule has 0 heterocycles. The van der Waals surface area contributed by atoms with Gasteiger partial charge in [0.15, 0.2) is 0 Å². The Morgan fingerprint density at radius 3 is 2.18 bits per heavy atom. The van der Waals surface area contributed by atoms with Crippen LogP contribution in [0.25, 0.3) is 0 Å². The Kier molecular flexibility index (Phi) is 5.01. The predicted molar refractivity (Wildman–Crippen MR) is 75.6 cm³/mol. The van der Waals surface area contributed by atoms with Crippen LogP contribution in [0.3, 0.4) is 0 Å². The maximum Gasteiger partial charge on any atom is 0.416 e. The van der Waals surface area contributed by atoms with E-state index in [0.29, 0.717) is 5.57 Å². The number of primary amides is 1. The Bertz CT molecular complexity index is 619. The average molecular weight is 314 g/mol. The lowest BCUT2D eigenvalue weighted by Gasteiger charge is -2.28. The van der Waals surface area contributed by atoms with Crippen LogP contribution >= 0.6 is 0 Å². The number of hydrogen-bond acceptors (Lipinski definition) is 2. The molecule has 0 spiro atoms. The fourth-order valence-corrected chi connectivity index (χ4v) is 1.83. The molecule has 0 aromatic heterocycles. The quantitative estimate of drug-likeness (QED) is 0.838. The van der Waals surface area contributed by atoms with E-state index in [9.17, 15) is 22.8 Å². The minimum Gasteiger partial charge on any atom is -0.367 e. The summed E-state index contributed by atoms with van der Waals surface area (Å²) in [6, 6.07) is 4.14. The first kappa shape index (κ1) is 17.7. The molecule has 1 atom stereocenters. The van der Waals surface area contributed by atoms with Crippen LogP contribution in [0.5, 0.6) is 0 Å². The largest absolute Gasteiger partial charge is 0.416 e. The zero-order chi connectivity index (χ0) is 17.1. The van der Waals surface area contributed by atoms with Crippen molar-refractivity contribution in [3.63, 3.8) is 0 Å². The van der Waals surface area contributed by atoms with Crippen LogP contribution < -0.4 is 11.1 Å². The molecule has 0 aliphatic carbocycles. The second kappa shape index (κ2) is 6.21. The monoisotopic (exact) mass is 314 g/mol. The van der Waals surface area contributed by atoms with Gasteiger partial charge >= 0.3 is 6.18 Å². The molecule has 0 bridgehead atoms. The van der Waals surface area contributed by atoms with Crippen molar-refractivity contribution in [3.05, 3.63) is 47.0 Å². The lowest BCUT2D eigenvalue weighted by Crippen LogP contribution is -2.52. The molecule has 0 aliphatic rings. The van der Waals surface area contributed by atoms with Gasteiger partial charge in [-0.3, -0.25) is 9.59 Å². The smallest absolute Gasteiger partial charge is 0.367 e. The van der Waals surface area contributed by atoms with Crippen molar-refractivity contribution in [2.24, 2.45) is 5.73 Å². The summed E-state index contributed by atoms with van der Waals surface area (Å²) in [5.41, 5.74) is 3.26. The van der Waals surface area contributed by atoms with E-state index in [4.69, 9.17) is 5.73 Å². The van der Waals surface area contributed by atoms with Crippen LogP contribution in [0.1, 0.15) is 31.9 Å². The first-order valence-electron chi connectivity index (χ1n) is 6.41. The summed E-state index contributed by atoms with van der Waals surface area (Å²) >= 11 is 0. The number of hydrogen-bond donors (Lipinski definition) is 2. The molecule has 1 unspecified atom stereocenters. The van der Waals surface area contributed by atoms with Gasteiger partial charge in [0.2, 0.25) is 11.8 Å². The van der Waals surface area contributed by atoms with E-state index in [2.05, 4.69) is 5.32 Å². The lowest BCUT2D eigenvalue weighted by atomic mass is 9.89. The van der Waals surface area contributed by atoms with Crippen molar-refractivity contribution < 1.29 is 22.8 Å². The maximum atomic E-state index is 12.8. The van der Waals surface area contributed by atoms with E-state index in [0.717, 1.165) is 18.2 Å². The normalized spacial score (nSPS) is 13.9. The number of allylic oxidation sites excluding steroid dienone is 1. The third-order valence-corrected chi connectivity index (χ3v) is 3.05. The van der Waals surface area contributed by atoms with Gasteiger partial charge in [-0.05, 0) is 38.5 Å². The Morgan fingerprint density at radius 1 is 1.18 bits per heavy atom. The van der Waals surface area contributed by atoms with Gasteiger partial charge in [0.05, 0.1) is 5.56 Å². The standard InChI is InChI=1S/C15H17F3N2O2/c1-9(2)7-12(21)20-14(3,13(19)22)10-5-4-6-11(8-10)15(16,17)18/h4-8H,1-3H3,(H2,19,22)(H,20,21). The van der Waals surface area contributed by atoms with Crippen LogP contribution in [0.2, 0.25) is 0 Å². The van der Waals surface area contributed by atoms with Crippen LogP contribution in [-0.4, -0.2) is 11.8 Å². The van der Waals surface area contributed by atoms with Crippen molar-refractivity contribution in [1.82, 2.24) is 5.32 Å². The third-order valence-electron chi connectivity index (χ3n) is 3.05. The predicted octanol–water partition coefficient (Wildman–Crippen LogP) is 2.49. The Balaban J connectivity index is 3.29. The number of carbonyl (C=O) groups excluding carboxylic acids is 2. The molecule has 0 radical (unpaired) electrons. The van der Waals surface area contributed by atoms with Crippen LogP contribution in [0, 0.1) is 0 Å². The van der Waals surface area contributed by atoms with E-state index in [1.54, 1.807) is 13.8 Å². The third kappa shape index (κ3) is 4.09. The van der Waals surface area contributed by atoms with Crippen LogP contribution in [0.15, 0.2) is 35.9 Å². The zero-order valence-corrected chi connectivity index (χ0v) is 12.4. The number of carbonyl (C=O) groups is 2. The number of nitrogens with one attached hydrogen (secondary N) is 1. The molecular weight excluding hydrogens is 297 g/mol. The van der Waals surface area contributed by atoms with Crippen molar-refractivity contribution in [3.8, 4) is 0 Å². The molecule has 0 saturated carbocycles. The highest BCUT2D eigenvalue weighted by molar-refractivity contribution is 5.95. The Hall–Kier alpha value is -2.31. The summed E-state index contributed by atoms with van der Waals surface area (Å²) in [6.45, 7) is 4.61. The first-order chi connectivity index (χ1) is 9.96. The van der Waals surface area contributed by atoms with Crippen molar-refractivity contribution >= 4 is 11.8 Å². The highest BCUT2D eigenvalue weighted by atomic mass is 19.4. The molecule has 1 aromatic carbocycles. The number of amides is 2. The summed E-state index contributed by atoms with van der Waals surface area (Å²) in [6.07, 6.45) is -3.33. The summed E-state index contributed by atoms with van der Waals surface area (Å²) in [5.74, 6) is -1.57. The van der Waals surface area contributed by atoms with Gasteiger partial charge in [0.25, 0.3) is 0 Å². The van der Waals surface area contributed by atoms with Gasteiger partial charge in [-0.2, -0.15) is 13.2 Å². The molecule has 2 amide bonds. The minimum atomic E-state index is -4.56. The van der Waals surface area contributed by atoms with Crippen molar-refractivity contribution in [2.45, 2.75) is 32.5 Å². The van der Waals surface area contributed by atoms with Gasteiger partial charge in [0, 0.05) is 6.08 Å². The van der Waals surface area contributed by atoms with Gasteiger partial charge in [-0.25, -0.2) is 0 Å². The molecule has 3 N–H and O–H groups in total. The van der Waals surface area contributed by atoms with E-state index in [1.807, 2.05) is 0 Å². The molecular formula is C15H17F3N2O2. The van der Waals surface area contributed by atoms with Crippen molar-refractivity contribution in [1.29, 1.82) is 0 Å². The topological polar surface area (TPSA) is 72.2 Å². The number of halogens is 3. The van der Waals surface area contributed by atoms with Crippen molar-refractivity contribution in [2.75, 3.05) is 0 Å². The second-order valence-corrected chi connectivity index (χ2v) is 5.28.